The molecular weight excluding hydrogens is 214 g/mol. The van der Waals surface area contributed by atoms with Crippen LogP contribution in [0.15, 0.2) is 18.2 Å². The van der Waals surface area contributed by atoms with E-state index in [4.69, 9.17) is 9.47 Å². The Bertz CT molecular complexity index is 401. The summed E-state index contributed by atoms with van der Waals surface area (Å²) in [6.07, 6.45) is 4.14. The summed E-state index contributed by atoms with van der Waals surface area (Å²) in [5, 5.41) is 3.56. The Morgan fingerprint density at radius 2 is 2.24 bits per heavy atom. The molecule has 3 rings (SSSR count). The lowest BCUT2D eigenvalue weighted by molar-refractivity contribution is 0.173. The number of rotatable bonds is 5. The van der Waals surface area contributed by atoms with Crippen molar-refractivity contribution in [3.8, 4) is 11.5 Å². The molecule has 0 bridgehead atoms. The van der Waals surface area contributed by atoms with Crippen LogP contribution in [0.5, 0.6) is 11.5 Å². The molecule has 17 heavy (non-hydrogen) atoms. The lowest BCUT2D eigenvalue weighted by Crippen LogP contribution is -2.26. The van der Waals surface area contributed by atoms with Gasteiger partial charge >= 0.3 is 0 Å². The van der Waals surface area contributed by atoms with Crippen LogP contribution >= 0.6 is 0 Å². The van der Waals surface area contributed by atoms with E-state index in [1.54, 1.807) is 0 Å². The summed E-state index contributed by atoms with van der Waals surface area (Å²) < 4.78 is 10.9. The standard InChI is InChI=1S/C14H19NO2/c1-10(7-11-5-6-11)15-8-12-3-2-4-13-14(12)17-9-16-13/h2-4,10-11,15H,5-9H2,1H3. The maximum Gasteiger partial charge on any atom is 0.231 e. The van der Waals surface area contributed by atoms with Crippen LogP contribution in [0.4, 0.5) is 0 Å². The third kappa shape index (κ3) is 2.55. The van der Waals surface area contributed by atoms with Crippen molar-refractivity contribution in [3.05, 3.63) is 23.8 Å². The number of nitrogens with one attached hydrogen (secondary N) is 1. The second-order valence-corrected chi connectivity index (χ2v) is 5.11. The molecule has 2 aliphatic rings. The largest absolute Gasteiger partial charge is 0.454 e. The Balaban J connectivity index is 1.59. The average Bonchev–Trinajstić information content (AvgIpc) is 3.00. The van der Waals surface area contributed by atoms with Crippen molar-refractivity contribution in [1.82, 2.24) is 5.32 Å². The molecule has 1 aromatic carbocycles. The normalized spacial score (nSPS) is 19.4. The molecule has 1 atom stereocenters. The van der Waals surface area contributed by atoms with E-state index in [0.29, 0.717) is 12.8 Å². The molecule has 3 nitrogen and oxygen atoms in total. The fraction of sp³-hybridized carbons (Fsp3) is 0.571. The summed E-state index contributed by atoms with van der Waals surface area (Å²) in [5.74, 6) is 2.76. The van der Waals surface area contributed by atoms with Crippen LogP contribution < -0.4 is 14.8 Å². The van der Waals surface area contributed by atoms with E-state index in [1.165, 1.54) is 24.8 Å². The molecule has 1 heterocycles. The molecule has 1 fully saturated rings. The maximum atomic E-state index is 5.49. The van der Waals surface area contributed by atoms with Gasteiger partial charge in [-0.05, 0) is 25.3 Å². The molecule has 1 aromatic rings. The lowest BCUT2D eigenvalue weighted by Gasteiger charge is -2.14. The molecule has 1 aliphatic carbocycles. The van der Waals surface area contributed by atoms with Crippen LogP contribution in [-0.4, -0.2) is 12.8 Å². The summed E-state index contributed by atoms with van der Waals surface area (Å²) in [5.41, 5.74) is 1.20. The predicted molar refractivity (Wildman–Crippen MR) is 66.2 cm³/mol. The van der Waals surface area contributed by atoms with Gasteiger partial charge in [-0.2, -0.15) is 0 Å². The van der Waals surface area contributed by atoms with E-state index in [1.807, 2.05) is 12.1 Å². The molecule has 1 N–H and O–H groups in total. The number of fused-ring (bicyclic) bond motifs is 1. The van der Waals surface area contributed by atoms with E-state index >= 15 is 0 Å². The number of ether oxygens (including phenoxy) is 2. The minimum atomic E-state index is 0.351. The second-order valence-electron chi connectivity index (χ2n) is 5.11. The van der Waals surface area contributed by atoms with E-state index < -0.39 is 0 Å². The quantitative estimate of drug-likeness (QED) is 0.848. The van der Waals surface area contributed by atoms with Crippen molar-refractivity contribution in [2.45, 2.75) is 38.8 Å². The topological polar surface area (TPSA) is 30.5 Å². The Hall–Kier alpha value is -1.22. The van der Waals surface area contributed by atoms with Crippen LogP contribution in [0.3, 0.4) is 0 Å². The monoisotopic (exact) mass is 233 g/mol. The summed E-state index contributed by atoms with van der Waals surface area (Å²) >= 11 is 0. The molecule has 1 saturated carbocycles. The van der Waals surface area contributed by atoms with Crippen LogP contribution in [0.25, 0.3) is 0 Å². The molecule has 92 valence electrons. The molecule has 1 aliphatic heterocycles. The minimum Gasteiger partial charge on any atom is -0.454 e. The van der Waals surface area contributed by atoms with Crippen LogP contribution in [0.2, 0.25) is 0 Å². The molecule has 0 spiro atoms. The molecule has 0 amide bonds. The minimum absolute atomic E-state index is 0.351. The predicted octanol–water partition coefficient (Wildman–Crippen LogP) is 2.69. The highest BCUT2D eigenvalue weighted by atomic mass is 16.7. The third-order valence-electron chi connectivity index (χ3n) is 3.50. The Morgan fingerprint density at radius 1 is 1.35 bits per heavy atom. The van der Waals surface area contributed by atoms with Gasteiger partial charge in [-0.25, -0.2) is 0 Å². The van der Waals surface area contributed by atoms with Crippen molar-refractivity contribution in [2.24, 2.45) is 5.92 Å². The molecule has 0 radical (unpaired) electrons. The Morgan fingerprint density at radius 3 is 3.06 bits per heavy atom. The van der Waals surface area contributed by atoms with Crippen molar-refractivity contribution >= 4 is 0 Å². The smallest absolute Gasteiger partial charge is 0.231 e. The van der Waals surface area contributed by atoms with Gasteiger partial charge in [0.1, 0.15) is 0 Å². The average molecular weight is 233 g/mol. The van der Waals surface area contributed by atoms with Crippen molar-refractivity contribution < 1.29 is 9.47 Å². The highest BCUT2D eigenvalue weighted by molar-refractivity contribution is 5.48. The molecule has 1 unspecified atom stereocenters. The summed E-state index contributed by atoms with van der Waals surface area (Å²) in [7, 11) is 0. The van der Waals surface area contributed by atoms with Crippen LogP contribution in [0.1, 0.15) is 31.7 Å². The van der Waals surface area contributed by atoms with Crippen LogP contribution in [-0.2, 0) is 6.54 Å². The number of hydrogen-bond acceptors (Lipinski definition) is 3. The van der Waals surface area contributed by atoms with Gasteiger partial charge < -0.3 is 14.8 Å². The van der Waals surface area contributed by atoms with Crippen molar-refractivity contribution in [1.29, 1.82) is 0 Å². The van der Waals surface area contributed by atoms with Gasteiger partial charge in [0.05, 0.1) is 0 Å². The Labute approximate surface area is 102 Å². The first-order chi connectivity index (χ1) is 8.33. The van der Waals surface area contributed by atoms with Gasteiger partial charge in [0.25, 0.3) is 0 Å². The SMILES string of the molecule is CC(CC1CC1)NCc1cccc2c1OCO2. The van der Waals surface area contributed by atoms with Gasteiger partial charge in [-0.15, -0.1) is 0 Å². The van der Waals surface area contributed by atoms with E-state index in [2.05, 4.69) is 18.3 Å². The van der Waals surface area contributed by atoms with E-state index in [9.17, 15) is 0 Å². The van der Waals surface area contributed by atoms with Crippen molar-refractivity contribution in [3.63, 3.8) is 0 Å². The lowest BCUT2D eigenvalue weighted by atomic mass is 10.1. The fourth-order valence-electron chi connectivity index (χ4n) is 2.35. The van der Waals surface area contributed by atoms with Gasteiger partial charge in [-0.3, -0.25) is 0 Å². The van der Waals surface area contributed by atoms with Gasteiger partial charge in [0.2, 0.25) is 6.79 Å². The number of hydrogen-bond donors (Lipinski definition) is 1. The zero-order valence-electron chi connectivity index (χ0n) is 10.2. The first-order valence-electron chi connectivity index (χ1n) is 6.44. The molecule has 3 heteroatoms. The van der Waals surface area contributed by atoms with Gasteiger partial charge in [-0.1, -0.05) is 25.0 Å². The van der Waals surface area contributed by atoms with E-state index in [-0.39, 0.29) is 0 Å². The molecule has 0 saturated heterocycles. The number of para-hydroxylation sites is 1. The van der Waals surface area contributed by atoms with Crippen molar-refractivity contribution in [2.75, 3.05) is 6.79 Å². The van der Waals surface area contributed by atoms with E-state index in [0.717, 1.165) is 24.0 Å². The maximum absolute atomic E-state index is 5.49. The first-order valence-corrected chi connectivity index (χ1v) is 6.44. The summed E-state index contributed by atoms with van der Waals surface area (Å²) in [4.78, 5) is 0. The molecular formula is C14H19NO2. The summed E-state index contributed by atoms with van der Waals surface area (Å²) in [6, 6.07) is 6.67. The Kier molecular flexibility index (Phi) is 2.93. The summed E-state index contributed by atoms with van der Waals surface area (Å²) in [6.45, 7) is 3.48. The fourth-order valence-corrected chi connectivity index (χ4v) is 2.35. The highest BCUT2D eigenvalue weighted by Crippen LogP contribution is 2.36. The third-order valence-corrected chi connectivity index (χ3v) is 3.50. The highest BCUT2D eigenvalue weighted by Gasteiger charge is 2.23. The zero-order valence-corrected chi connectivity index (χ0v) is 10.2. The van der Waals surface area contributed by atoms with Crippen LogP contribution in [0, 0.1) is 5.92 Å². The second kappa shape index (κ2) is 4.57. The van der Waals surface area contributed by atoms with Gasteiger partial charge in [0.15, 0.2) is 11.5 Å². The number of benzene rings is 1. The molecule has 0 aromatic heterocycles. The first kappa shape index (κ1) is 10.9. The zero-order chi connectivity index (χ0) is 11.7. The van der Waals surface area contributed by atoms with Gasteiger partial charge in [0, 0.05) is 18.2 Å².